The van der Waals surface area contributed by atoms with E-state index in [1.165, 1.54) is 17.5 Å². The quantitative estimate of drug-likeness (QED) is 0.651. The molecule has 0 unspecified atom stereocenters. The van der Waals surface area contributed by atoms with Crippen LogP contribution < -0.4 is 0 Å². The van der Waals surface area contributed by atoms with E-state index in [-0.39, 0.29) is 0 Å². The zero-order valence-electron chi connectivity index (χ0n) is 8.75. The van der Waals surface area contributed by atoms with E-state index in [1.54, 1.807) is 0 Å². The second-order valence-corrected chi connectivity index (χ2v) is 3.84. The van der Waals surface area contributed by atoms with Crippen LogP contribution in [0.5, 0.6) is 0 Å². The van der Waals surface area contributed by atoms with Crippen LogP contribution in [0.1, 0.15) is 31.9 Å². The summed E-state index contributed by atoms with van der Waals surface area (Å²) in [5.74, 6) is 0.737. The van der Waals surface area contributed by atoms with Gasteiger partial charge in [-0.25, -0.2) is 0 Å². The molecule has 0 heteroatoms. The highest BCUT2D eigenvalue weighted by molar-refractivity contribution is 5.49. The molecule has 0 radical (unpaired) electrons. The molecule has 1 aromatic carbocycles. The Bertz CT molecular complexity index is 282. The molecule has 0 aliphatic heterocycles. The minimum Gasteiger partial charge on any atom is -0.0871 e. The van der Waals surface area contributed by atoms with Crippen LogP contribution in [0.3, 0.4) is 0 Å². The van der Waals surface area contributed by atoms with E-state index >= 15 is 0 Å². The van der Waals surface area contributed by atoms with Crippen LogP contribution in [-0.4, -0.2) is 0 Å². The van der Waals surface area contributed by atoms with Gasteiger partial charge in [-0.1, -0.05) is 50.3 Å². The zero-order valence-corrected chi connectivity index (χ0v) is 8.75. The van der Waals surface area contributed by atoms with Crippen molar-refractivity contribution in [3.05, 3.63) is 41.5 Å². The van der Waals surface area contributed by atoms with Crippen molar-refractivity contribution in [1.29, 1.82) is 0 Å². The molecule has 1 aromatic rings. The Morgan fingerprint density at radius 2 is 2.08 bits per heavy atom. The Balaban J connectivity index is 2.79. The van der Waals surface area contributed by atoms with Gasteiger partial charge in [0, 0.05) is 0 Å². The van der Waals surface area contributed by atoms with E-state index in [2.05, 4.69) is 57.2 Å². The maximum Gasteiger partial charge on any atom is -0.0255 e. The van der Waals surface area contributed by atoms with E-state index in [9.17, 15) is 0 Å². The summed E-state index contributed by atoms with van der Waals surface area (Å²) < 4.78 is 0. The van der Waals surface area contributed by atoms with E-state index in [0.29, 0.717) is 0 Å². The van der Waals surface area contributed by atoms with Gasteiger partial charge in [-0.05, 0) is 30.4 Å². The Morgan fingerprint density at radius 1 is 1.31 bits per heavy atom. The van der Waals surface area contributed by atoms with Crippen LogP contribution >= 0.6 is 0 Å². The molecule has 0 aliphatic rings. The Kier molecular flexibility index (Phi) is 3.75. The van der Waals surface area contributed by atoms with Gasteiger partial charge in [0.2, 0.25) is 0 Å². The van der Waals surface area contributed by atoms with Gasteiger partial charge in [0.15, 0.2) is 0 Å². The maximum absolute atomic E-state index is 2.26. The average Bonchev–Trinajstić information content (AvgIpc) is 2.04. The molecule has 70 valence electrons. The zero-order chi connectivity index (χ0) is 9.68. The molecule has 13 heavy (non-hydrogen) atoms. The molecule has 0 amide bonds. The second kappa shape index (κ2) is 4.86. The van der Waals surface area contributed by atoms with Crippen molar-refractivity contribution in [1.82, 2.24) is 0 Å². The van der Waals surface area contributed by atoms with E-state index in [4.69, 9.17) is 0 Å². The third kappa shape index (κ3) is 3.45. The lowest BCUT2D eigenvalue weighted by atomic mass is 10.0. The average molecular weight is 174 g/mol. The fourth-order valence-electron chi connectivity index (χ4n) is 1.49. The highest BCUT2D eigenvalue weighted by atomic mass is 14.0. The largest absolute Gasteiger partial charge is 0.0871 e. The van der Waals surface area contributed by atoms with Gasteiger partial charge in [0.1, 0.15) is 0 Å². The van der Waals surface area contributed by atoms with Crippen molar-refractivity contribution in [2.75, 3.05) is 0 Å². The van der Waals surface area contributed by atoms with Crippen molar-refractivity contribution in [3.8, 4) is 0 Å². The van der Waals surface area contributed by atoms with Crippen LogP contribution in [0.2, 0.25) is 0 Å². The standard InChI is InChI=1S/C13H18/c1-4-6-12-7-5-8-13(10-12)9-11(2)3/h4-8,10-11H,9H2,1-3H3/b6-4+. The fourth-order valence-corrected chi connectivity index (χ4v) is 1.49. The first-order chi connectivity index (χ1) is 6.22. The molecule has 1 rings (SSSR count). The predicted octanol–water partition coefficient (Wildman–Crippen LogP) is 3.92. The first-order valence-electron chi connectivity index (χ1n) is 4.94. The Labute approximate surface area is 81.3 Å². The van der Waals surface area contributed by atoms with Gasteiger partial charge < -0.3 is 0 Å². The van der Waals surface area contributed by atoms with Gasteiger partial charge in [-0.15, -0.1) is 0 Å². The summed E-state index contributed by atoms with van der Waals surface area (Å²) >= 11 is 0. The molecule has 0 aromatic heterocycles. The molecule has 0 aliphatic carbocycles. The summed E-state index contributed by atoms with van der Waals surface area (Å²) in [4.78, 5) is 0. The Hall–Kier alpha value is -1.04. The van der Waals surface area contributed by atoms with E-state index in [1.807, 2.05) is 0 Å². The van der Waals surface area contributed by atoms with Crippen molar-refractivity contribution in [3.63, 3.8) is 0 Å². The number of hydrogen-bond acceptors (Lipinski definition) is 0. The highest BCUT2D eigenvalue weighted by Crippen LogP contribution is 2.11. The number of rotatable bonds is 3. The van der Waals surface area contributed by atoms with Crippen LogP contribution in [0.25, 0.3) is 6.08 Å². The smallest absolute Gasteiger partial charge is 0.0255 e. The summed E-state index contributed by atoms with van der Waals surface area (Å²) in [5, 5.41) is 0. The normalized spacial score (nSPS) is 11.4. The molecule has 0 atom stereocenters. The maximum atomic E-state index is 2.26. The van der Waals surface area contributed by atoms with Crippen molar-refractivity contribution in [2.45, 2.75) is 27.2 Å². The third-order valence-corrected chi connectivity index (χ3v) is 1.95. The third-order valence-electron chi connectivity index (χ3n) is 1.95. The molecular formula is C13H18. The highest BCUT2D eigenvalue weighted by Gasteiger charge is 1.97. The summed E-state index contributed by atoms with van der Waals surface area (Å²) in [5.41, 5.74) is 2.74. The minimum absolute atomic E-state index is 0.737. The van der Waals surface area contributed by atoms with Crippen molar-refractivity contribution >= 4 is 6.08 Å². The van der Waals surface area contributed by atoms with Gasteiger partial charge in [0.25, 0.3) is 0 Å². The molecule has 0 spiro atoms. The molecule has 0 saturated heterocycles. The summed E-state index contributed by atoms with van der Waals surface area (Å²) in [6, 6.07) is 8.74. The van der Waals surface area contributed by atoms with Crippen molar-refractivity contribution in [2.24, 2.45) is 5.92 Å². The lowest BCUT2D eigenvalue weighted by molar-refractivity contribution is 0.647. The second-order valence-electron chi connectivity index (χ2n) is 3.84. The van der Waals surface area contributed by atoms with Crippen molar-refractivity contribution < 1.29 is 0 Å². The van der Waals surface area contributed by atoms with Crippen LogP contribution in [0.4, 0.5) is 0 Å². The van der Waals surface area contributed by atoms with Crippen LogP contribution in [0, 0.1) is 5.92 Å². The first-order valence-corrected chi connectivity index (χ1v) is 4.94. The molecule has 0 N–H and O–H groups in total. The first kappa shape index (κ1) is 10.0. The molecular weight excluding hydrogens is 156 g/mol. The van der Waals surface area contributed by atoms with Gasteiger partial charge in [-0.2, -0.15) is 0 Å². The predicted molar refractivity (Wildman–Crippen MR) is 59.7 cm³/mol. The lowest BCUT2D eigenvalue weighted by Crippen LogP contribution is -1.93. The summed E-state index contributed by atoms with van der Waals surface area (Å²) in [6.45, 7) is 6.56. The van der Waals surface area contributed by atoms with Crippen LogP contribution in [-0.2, 0) is 6.42 Å². The minimum atomic E-state index is 0.737. The molecule has 0 heterocycles. The van der Waals surface area contributed by atoms with E-state index < -0.39 is 0 Å². The Morgan fingerprint density at radius 3 is 2.69 bits per heavy atom. The lowest BCUT2D eigenvalue weighted by Gasteiger charge is -2.05. The topological polar surface area (TPSA) is 0 Å². The number of hydrogen-bond donors (Lipinski definition) is 0. The summed E-state index contributed by atoms with van der Waals surface area (Å²) in [7, 11) is 0. The fraction of sp³-hybridized carbons (Fsp3) is 0.385. The molecule has 0 nitrogen and oxygen atoms in total. The van der Waals surface area contributed by atoms with Crippen LogP contribution in [0.15, 0.2) is 30.3 Å². The molecule has 0 fully saturated rings. The van der Waals surface area contributed by atoms with E-state index in [0.717, 1.165) is 5.92 Å². The number of benzene rings is 1. The number of allylic oxidation sites excluding steroid dienone is 1. The summed E-state index contributed by atoms with van der Waals surface area (Å²) in [6.07, 6.45) is 5.39. The monoisotopic (exact) mass is 174 g/mol. The molecule has 0 saturated carbocycles. The van der Waals surface area contributed by atoms with Gasteiger partial charge >= 0.3 is 0 Å². The van der Waals surface area contributed by atoms with Gasteiger partial charge in [0.05, 0.1) is 0 Å². The molecule has 0 bridgehead atoms. The SMILES string of the molecule is C/C=C/c1cccc(CC(C)C)c1. The van der Waals surface area contributed by atoms with Gasteiger partial charge in [-0.3, -0.25) is 0 Å².